The van der Waals surface area contributed by atoms with Gasteiger partial charge in [-0.3, -0.25) is 0 Å². The molecule has 0 saturated heterocycles. The third kappa shape index (κ3) is 3.62. The maximum absolute atomic E-state index is 6.33. The van der Waals surface area contributed by atoms with Crippen LogP contribution < -0.4 is 9.47 Å². The van der Waals surface area contributed by atoms with E-state index < -0.39 is 0 Å². The minimum atomic E-state index is 0.281. The van der Waals surface area contributed by atoms with Gasteiger partial charge in [-0.25, -0.2) is 0 Å². The van der Waals surface area contributed by atoms with Crippen LogP contribution in [-0.4, -0.2) is 14.2 Å². The lowest BCUT2D eigenvalue weighted by molar-refractivity contribution is 0.335. The molecule has 0 amide bonds. The fraction of sp³-hybridized carbons (Fsp3) is 0.625. The molecule has 1 aromatic carbocycles. The summed E-state index contributed by atoms with van der Waals surface area (Å²) in [4.78, 5) is 0.281. The van der Waals surface area contributed by atoms with Gasteiger partial charge in [0.2, 0.25) is 0 Å². The highest BCUT2D eigenvalue weighted by Crippen LogP contribution is 2.45. The van der Waals surface area contributed by atoms with Gasteiger partial charge in [-0.05, 0) is 18.4 Å². The molecule has 0 heterocycles. The topological polar surface area (TPSA) is 18.5 Å². The lowest BCUT2D eigenvalue weighted by atomic mass is 9.85. The number of rotatable bonds is 5. The van der Waals surface area contributed by atoms with Crippen LogP contribution in [0.5, 0.6) is 11.5 Å². The number of hydrogen-bond acceptors (Lipinski definition) is 2. The molecule has 20 heavy (non-hydrogen) atoms. The number of benzene rings is 1. The maximum atomic E-state index is 6.33. The van der Waals surface area contributed by atoms with E-state index in [4.69, 9.17) is 21.1 Å². The SMILES string of the molecule is COc1ccc(C(Br)CC2CCCCC2)c(OC)c1Cl. The van der Waals surface area contributed by atoms with Gasteiger partial charge in [0, 0.05) is 10.4 Å². The van der Waals surface area contributed by atoms with Crippen LogP contribution in [0.3, 0.4) is 0 Å². The predicted molar refractivity (Wildman–Crippen MR) is 87.4 cm³/mol. The molecule has 1 aliphatic rings. The zero-order chi connectivity index (χ0) is 14.5. The summed E-state index contributed by atoms with van der Waals surface area (Å²) in [5.41, 5.74) is 1.11. The molecule has 0 N–H and O–H groups in total. The van der Waals surface area contributed by atoms with Crippen LogP contribution >= 0.6 is 27.5 Å². The van der Waals surface area contributed by atoms with Crippen molar-refractivity contribution in [3.63, 3.8) is 0 Å². The number of ether oxygens (including phenoxy) is 2. The highest BCUT2D eigenvalue weighted by Gasteiger charge is 2.23. The lowest BCUT2D eigenvalue weighted by Crippen LogP contribution is -2.09. The van der Waals surface area contributed by atoms with Crippen molar-refractivity contribution in [1.82, 2.24) is 0 Å². The Labute approximate surface area is 134 Å². The van der Waals surface area contributed by atoms with Gasteiger partial charge in [-0.15, -0.1) is 0 Å². The molecule has 0 aromatic heterocycles. The molecule has 1 fully saturated rings. The molecule has 1 saturated carbocycles. The van der Waals surface area contributed by atoms with Crippen molar-refractivity contribution in [2.75, 3.05) is 14.2 Å². The second kappa shape index (κ2) is 7.56. The van der Waals surface area contributed by atoms with E-state index >= 15 is 0 Å². The van der Waals surface area contributed by atoms with Crippen molar-refractivity contribution in [3.05, 3.63) is 22.7 Å². The summed E-state index contributed by atoms with van der Waals surface area (Å²) in [6, 6.07) is 3.96. The Bertz CT molecular complexity index is 444. The molecule has 4 heteroatoms. The molecule has 1 aliphatic carbocycles. The first-order chi connectivity index (χ1) is 9.67. The van der Waals surface area contributed by atoms with Gasteiger partial charge < -0.3 is 9.47 Å². The highest BCUT2D eigenvalue weighted by molar-refractivity contribution is 9.09. The average Bonchev–Trinajstić information content (AvgIpc) is 2.47. The van der Waals surface area contributed by atoms with Gasteiger partial charge in [0.15, 0.2) is 0 Å². The number of methoxy groups -OCH3 is 2. The molecule has 112 valence electrons. The van der Waals surface area contributed by atoms with Crippen LogP contribution in [0.1, 0.15) is 48.9 Å². The van der Waals surface area contributed by atoms with E-state index in [0.717, 1.165) is 23.7 Å². The Hall–Kier alpha value is -0.410. The fourth-order valence-corrected chi connectivity index (χ4v) is 4.22. The normalized spacial score (nSPS) is 17.8. The second-order valence-electron chi connectivity index (χ2n) is 5.41. The van der Waals surface area contributed by atoms with Gasteiger partial charge in [0.05, 0.1) is 14.2 Å². The molecule has 0 aliphatic heterocycles. The number of hydrogen-bond donors (Lipinski definition) is 0. The van der Waals surface area contributed by atoms with Crippen LogP contribution in [0.15, 0.2) is 12.1 Å². The molecule has 0 spiro atoms. The van der Waals surface area contributed by atoms with E-state index in [2.05, 4.69) is 15.9 Å². The van der Waals surface area contributed by atoms with E-state index in [9.17, 15) is 0 Å². The minimum Gasteiger partial charge on any atom is -0.495 e. The van der Waals surface area contributed by atoms with Crippen LogP contribution in [0, 0.1) is 5.92 Å². The zero-order valence-electron chi connectivity index (χ0n) is 12.1. The number of alkyl halides is 1. The molecule has 2 rings (SSSR count). The summed E-state index contributed by atoms with van der Waals surface area (Å²) in [5, 5.41) is 0.556. The summed E-state index contributed by atoms with van der Waals surface area (Å²) in [6.45, 7) is 0. The zero-order valence-corrected chi connectivity index (χ0v) is 14.5. The maximum Gasteiger partial charge on any atom is 0.145 e. The Morgan fingerprint density at radius 2 is 1.90 bits per heavy atom. The second-order valence-corrected chi connectivity index (χ2v) is 6.89. The van der Waals surface area contributed by atoms with Gasteiger partial charge in [0.25, 0.3) is 0 Å². The molecule has 1 unspecified atom stereocenters. The average molecular weight is 362 g/mol. The third-order valence-electron chi connectivity index (χ3n) is 4.12. The van der Waals surface area contributed by atoms with E-state index in [0.29, 0.717) is 10.8 Å². The van der Waals surface area contributed by atoms with Gasteiger partial charge >= 0.3 is 0 Å². The minimum absolute atomic E-state index is 0.281. The summed E-state index contributed by atoms with van der Waals surface area (Å²) in [6.07, 6.45) is 7.94. The molecule has 0 radical (unpaired) electrons. The Kier molecular flexibility index (Phi) is 6.03. The third-order valence-corrected chi connectivity index (χ3v) is 5.34. The first-order valence-corrected chi connectivity index (χ1v) is 8.51. The van der Waals surface area contributed by atoms with Crippen molar-refractivity contribution in [2.24, 2.45) is 5.92 Å². The molecular weight excluding hydrogens is 340 g/mol. The van der Waals surface area contributed by atoms with Gasteiger partial charge in [-0.2, -0.15) is 0 Å². The summed E-state index contributed by atoms with van der Waals surface area (Å²) >= 11 is 10.1. The predicted octanol–water partition coefficient (Wildman–Crippen LogP) is 5.76. The largest absolute Gasteiger partial charge is 0.495 e. The summed E-state index contributed by atoms with van der Waals surface area (Å²) < 4.78 is 10.7. The summed E-state index contributed by atoms with van der Waals surface area (Å²) in [7, 11) is 3.28. The van der Waals surface area contributed by atoms with Crippen LogP contribution in [-0.2, 0) is 0 Å². The molecule has 1 atom stereocenters. The van der Waals surface area contributed by atoms with E-state index in [-0.39, 0.29) is 4.83 Å². The van der Waals surface area contributed by atoms with Crippen LogP contribution in [0.2, 0.25) is 5.02 Å². The number of halogens is 2. The van der Waals surface area contributed by atoms with Crippen molar-refractivity contribution < 1.29 is 9.47 Å². The quantitative estimate of drug-likeness (QED) is 0.620. The van der Waals surface area contributed by atoms with Crippen molar-refractivity contribution >= 4 is 27.5 Å². The van der Waals surface area contributed by atoms with Crippen molar-refractivity contribution in [3.8, 4) is 11.5 Å². The van der Waals surface area contributed by atoms with Crippen LogP contribution in [0.4, 0.5) is 0 Å². The monoisotopic (exact) mass is 360 g/mol. The Morgan fingerprint density at radius 1 is 1.20 bits per heavy atom. The smallest absolute Gasteiger partial charge is 0.145 e. The van der Waals surface area contributed by atoms with Crippen LogP contribution in [0.25, 0.3) is 0 Å². The first kappa shape index (κ1) is 16.0. The van der Waals surface area contributed by atoms with Crippen molar-refractivity contribution in [1.29, 1.82) is 0 Å². The molecule has 0 bridgehead atoms. The van der Waals surface area contributed by atoms with E-state index in [1.807, 2.05) is 12.1 Å². The van der Waals surface area contributed by atoms with Gasteiger partial charge in [-0.1, -0.05) is 65.7 Å². The molecular formula is C16H22BrClO2. The fourth-order valence-electron chi connectivity index (χ4n) is 3.01. The lowest BCUT2D eigenvalue weighted by Gasteiger charge is -2.25. The molecule has 2 nitrogen and oxygen atoms in total. The summed E-state index contributed by atoms with van der Waals surface area (Å²) in [5.74, 6) is 2.19. The highest BCUT2D eigenvalue weighted by atomic mass is 79.9. The van der Waals surface area contributed by atoms with E-state index in [1.54, 1.807) is 14.2 Å². The first-order valence-electron chi connectivity index (χ1n) is 7.21. The standard InChI is InChI=1S/C16H22BrClO2/c1-19-14-9-8-12(16(20-2)15(14)18)13(17)10-11-6-4-3-5-7-11/h8-9,11,13H,3-7,10H2,1-2H3. The van der Waals surface area contributed by atoms with Crippen molar-refractivity contribution in [2.45, 2.75) is 43.4 Å². The van der Waals surface area contributed by atoms with E-state index in [1.165, 1.54) is 32.1 Å². The Balaban J connectivity index is 2.16. The molecule has 1 aromatic rings. The Morgan fingerprint density at radius 3 is 2.50 bits per heavy atom. The van der Waals surface area contributed by atoms with Gasteiger partial charge in [0.1, 0.15) is 16.5 Å².